The van der Waals surface area contributed by atoms with Crippen molar-refractivity contribution in [3.05, 3.63) is 59.9 Å². The van der Waals surface area contributed by atoms with Crippen LogP contribution in [0.5, 0.6) is 5.75 Å². The number of quaternary nitrogens is 1. The van der Waals surface area contributed by atoms with E-state index in [1.165, 1.54) is 17.7 Å². The van der Waals surface area contributed by atoms with Crippen LogP contribution in [-0.2, 0) is 9.59 Å². The SMILES string of the molecule is Cc1ccc(OCCC(=O)N2CC[NH+](CC(=O)Nc3cccc(F)c3)CC2)cc1. The number of ether oxygens (including phenoxy) is 1. The standard InChI is InChI=1S/C22H26FN3O3/c1-17-5-7-20(8-6-17)29-14-9-22(28)26-12-10-25(11-13-26)16-21(27)24-19-4-2-3-18(23)15-19/h2-8,15H,9-14,16H2,1H3,(H,24,27)/p+1. The van der Waals surface area contributed by atoms with Crippen molar-refractivity contribution in [1.82, 2.24) is 4.90 Å². The van der Waals surface area contributed by atoms with Gasteiger partial charge in [0.25, 0.3) is 5.91 Å². The van der Waals surface area contributed by atoms with Gasteiger partial charge in [0.1, 0.15) is 11.6 Å². The predicted octanol–water partition coefficient (Wildman–Crippen LogP) is 1.27. The molecule has 29 heavy (non-hydrogen) atoms. The monoisotopic (exact) mass is 400 g/mol. The largest absolute Gasteiger partial charge is 0.493 e. The molecule has 1 fully saturated rings. The number of amides is 2. The number of hydrogen-bond acceptors (Lipinski definition) is 3. The van der Waals surface area contributed by atoms with Crippen molar-refractivity contribution in [2.45, 2.75) is 13.3 Å². The third-order valence-corrected chi connectivity index (χ3v) is 4.95. The lowest BCUT2D eigenvalue weighted by atomic mass is 10.2. The molecule has 154 valence electrons. The number of carbonyl (C=O) groups excluding carboxylic acids is 2. The number of carbonyl (C=O) groups is 2. The summed E-state index contributed by atoms with van der Waals surface area (Å²) in [5.74, 6) is 0.299. The van der Waals surface area contributed by atoms with Crippen LogP contribution in [0.2, 0.25) is 0 Å². The van der Waals surface area contributed by atoms with E-state index in [2.05, 4.69) is 5.32 Å². The molecule has 0 atom stereocenters. The highest BCUT2D eigenvalue weighted by molar-refractivity contribution is 5.91. The summed E-state index contributed by atoms with van der Waals surface area (Å²) in [5, 5.41) is 2.71. The van der Waals surface area contributed by atoms with Gasteiger partial charge >= 0.3 is 0 Å². The zero-order valence-electron chi connectivity index (χ0n) is 16.6. The molecule has 0 bridgehead atoms. The maximum Gasteiger partial charge on any atom is 0.279 e. The number of rotatable bonds is 7. The maximum absolute atomic E-state index is 13.2. The molecule has 0 aromatic heterocycles. The van der Waals surface area contributed by atoms with E-state index in [1.807, 2.05) is 36.1 Å². The fraction of sp³-hybridized carbons (Fsp3) is 0.364. The van der Waals surface area contributed by atoms with Crippen LogP contribution in [0.15, 0.2) is 48.5 Å². The molecule has 0 spiro atoms. The first-order chi connectivity index (χ1) is 14.0. The van der Waals surface area contributed by atoms with Gasteiger partial charge in [-0.05, 0) is 37.3 Å². The molecular weight excluding hydrogens is 373 g/mol. The van der Waals surface area contributed by atoms with Crippen molar-refractivity contribution in [3.8, 4) is 5.75 Å². The van der Waals surface area contributed by atoms with E-state index in [0.29, 0.717) is 51.4 Å². The molecule has 1 aliphatic rings. The summed E-state index contributed by atoms with van der Waals surface area (Å²) in [5.41, 5.74) is 1.62. The molecule has 0 aliphatic carbocycles. The highest BCUT2D eigenvalue weighted by Crippen LogP contribution is 2.12. The Kier molecular flexibility index (Phi) is 7.19. The summed E-state index contributed by atoms with van der Waals surface area (Å²) in [6.45, 7) is 5.32. The summed E-state index contributed by atoms with van der Waals surface area (Å²) in [7, 11) is 0. The fourth-order valence-electron chi connectivity index (χ4n) is 3.30. The average molecular weight is 400 g/mol. The van der Waals surface area contributed by atoms with Gasteiger partial charge in [-0.1, -0.05) is 23.8 Å². The van der Waals surface area contributed by atoms with E-state index in [1.54, 1.807) is 12.1 Å². The van der Waals surface area contributed by atoms with E-state index < -0.39 is 0 Å². The molecule has 2 amide bonds. The number of hydrogen-bond donors (Lipinski definition) is 2. The van der Waals surface area contributed by atoms with Crippen molar-refractivity contribution in [1.29, 1.82) is 0 Å². The van der Waals surface area contributed by atoms with Gasteiger partial charge in [-0.2, -0.15) is 0 Å². The van der Waals surface area contributed by atoms with E-state index >= 15 is 0 Å². The number of halogens is 1. The van der Waals surface area contributed by atoms with Crippen LogP contribution in [0.25, 0.3) is 0 Å². The lowest BCUT2D eigenvalue weighted by molar-refractivity contribution is -0.895. The first-order valence-electron chi connectivity index (χ1n) is 9.86. The Morgan fingerprint density at radius 2 is 1.86 bits per heavy atom. The number of nitrogens with one attached hydrogen (secondary N) is 2. The summed E-state index contributed by atoms with van der Waals surface area (Å²) in [4.78, 5) is 27.5. The van der Waals surface area contributed by atoms with E-state index in [9.17, 15) is 14.0 Å². The van der Waals surface area contributed by atoms with Gasteiger partial charge in [0, 0.05) is 5.69 Å². The summed E-state index contributed by atoms with van der Waals surface area (Å²) >= 11 is 0. The summed E-state index contributed by atoms with van der Waals surface area (Å²) < 4.78 is 18.8. The Morgan fingerprint density at radius 3 is 2.55 bits per heavy atom. The van der Waals surface area contributed by atoms with Gasteiger partial charge in [-0.15, -0.1) is 0 Å². The van der Waals surface area contributed by atoms with Gasteiger partial charge < -0.3 is 19.9 Å². The quantitative estimate of drug-likeness (QED) is 0.736. The van der Waals surface area contributed by atoms with Crippen molar-refractivity contribution in [2.75, 3.05) is 44.6 Å². The second-order valence-electron chi connectivity index (χ2n) is 7.28. The lowest BCUT2D eigenvalue weighted by Gasteiger charge is -2.32. The third kappa shape index (κ3) is 6.57. The van der Waals surface area contributed by atoms with Crippen LogP contribution in [0.3, 0.4) is 0 Å². The second-order valence-corrected chi connectivity index (χ2v) is 7.28. The zero-order valence-corrected chi connectivity index (χ0v) is 16.6. The Balaban J connectivity index is 1.35. The van der Waals surface area contributed by atoms with Crippen molar-refractivity contribution < 1.29 is 23.6 Å². The van der Waals surface area contributed by atoms with Crippen LogP contribution < -0.4 is 15.0 Å². The molecule has 2 aromatic carbocycles. The minimum absolute atomic E-state index is 0.0698. The molecule has 1 saturated heterocycles. The van der Waals surface area contributed by atoms with Crippen LogP contribution in [0.1, 0.15) is 12.0 Å². The first-order valence-corrected chi connectivity index (χ1v) is 9.86. The Morgan fingerprint density at radius 1 is 1.14 bits per heavy atom. The third-order valence-electron chi connectivity index (χ3n) is 4.95. The van der Waals surface area contributed by atoms with Gasteiger partial charge in [-0.3, -0.25) is 9.59 Å². The minimum Gasteiger partial charge on any atom is -0.493 e. The van der Waals surface area contributed by atoms with E-state index in [4.69, 9.17) is 4.74 Å². The molecule has 2 N–H and O–H groups in total. The Hall–Kier alpha value is -2.93. The maximum atomic E-state index is 13.2. The molecule has 7 heteroatoms. The Labute approximate surface area is 170 Å². The number of piperazine rings is 1. The molecule has 2 aromatic rings. The highest BCUT2D eigenvalue weighted by atomic mass is 19.1. The molecule has 3 rings (SSSR count). The fourth-order valence-corrected chi connectivity index (χ4v) is 3.30. The normalized spacial score (nSPS) is 14.5. The molecular formula is C22H27FN3O3+. The lowest BCUT2D eigenvalue weighted by Crippen LogP contribution is -3.15. The summed E-state index contributed by atoms with van der Waals surface area (Å²) in [6.07, 6.45) is 0.337. The van der Waals surface area contributed by atoms with Crippen LogP contribution in [-0.4, -0.2) is 56.0 Å². The molecule has 0 radical (unpaired) electrons. The van der Waals surface area contributed by atoms with Gasteiger partial charge in [0.2, 0.25) is 5.91 Å². The number of aryl methyl sites for hydroxylation is 1. The van der Waals surface area contributed by atoms with Crippen LogP contribution in [0, 0.1) is 12.7 Å². The van der Waals surface area contributed by atoms with Crippen LogP contribution >= 0.6 is 0 Å². The highest BCUT2D eigenvalue weighted by Gasteiger charge is 2.25. The smallest absolute Gasteiger partial charge is 0.279 e. The number of benzene rings is 2. The summed E-state index contributed by atoms with van der Waals surface area (Å²) in [6, 6.07) is 13.6. The minimum atomic E-state index is -0.381. The molecule has 1 heterocycles. The molecule has 6 nitrogen and oxygen atoms in total. The van der Waals surface area contributed by atoms with Gasteiger partial charge in [-0.25, -0.2) is 4.39 Å². The van der Waals surface area contributed by atoms with Crippen molar-refractivity contribution in [3.63, 3.8) is 0 Å². The average Bonchev–Trinajstić information content (AvgIpc) is 2.70. The van der Waals surface area contributed by atoms with Gasteiger partial charge in [0.05, 0.1) is 39.2 Å². The van der Waals surface area contributed by atoms with E-state index in [0.717, 1.165) is 10.6 Å². The zero-order chi connectivity index (χ0) is 20.6. The number of anilines is 1. The van der Waals surface area contributed by atoms with Crippen molar-refractivity contribution >= 4 is 17.5 Å². The first kappa shape index (κ1) is 20.8. The van der Waals surface area contributed by atoms with Crippen LogP contribution in [0.4, 0.5) is 10.1 Å². The van der Waals surface area contributed by atoms with Crippen molar-refractivity contribution in [2.24, 2.45) is 0 Å². The molecule has 0 saturated carbocycles. The molecule has 1 aliphatic heterocycles. The number of nitrogens with zero attached hydrogens (tertiary/aromatic N) is 1. The topological polar surface area (TPSA) is 63.1 Å². The van der Waals surface area contributed by atoms with Gasteiger partial charge in [0.15, 0.2) is 6.54 Å². The predicted molar refractivity (Wildman–Crippen MR) is 108 cm³/mol. The Bertz CT molecular complexity index is 833. The molecule has 0 unspecified atom stereocenters. The van der Waals surface area contributed by atoms with E-state index in [-0.39, 0.29) is 17.6 Å². The second kappa shape index (κ2) is 10.0.